The second kappa shape index (κ2) is 10.7. The maximum Gasteiger partial charge on any atom is 0.264 e. The number of hydrogen-bond acceptors (Lipinski definition) is 5. The third-order valence-corrected chi connectivity index (χ3v) is 6.76. The van der Waals surface area contributed by atoms with Crippen LogP contribution in [0.25, 0.3) is 0 Å². The Bertz CT molecular complexity index is 1090. The summed E-state index contributed by atoms with van der Waals surface area (Å²) in [5, 5.41) is 3.43. The molecule has 2 atom stereocenters. The van der Waals surface area contributed by atoms with E-state index in [9.17, 15) is 14.4 Å². The number of amides is 3. The van der Waals surface area contributed by atoms with Crippen molar-refractivity contribution in [3.8, 4) is 0 Å². The molecule has 2 aromatic rings. The van der Waals surface area contributed by atoms with Gasteiger partial charge in [0.25, 0.3) is 17.7 Å². The molecule has 8 nitrogen and oxygen atoms in total. The highest BCUT2D eigenvalue weighted by Crippen LogP contribution is 2.26. The van der Waals surface area contributed by atoms with E-state index in [1.807, 2.05) is 24.3 Å². The number of carbonyl (C=O) groups is 3. The second-order valence-electron chi connectivity index (χ2n) is 8.28. The molecule has 34 heavy (non-hydrogen) atoms. The van der Waals surface area contributed by atoms with E-state index in [0.29, 0.717) is 24.6 Å². The predicted molar refractivity (Wildman–Crippen MR) is 128 cm³/mol. The summed E-state index contributed by atoms with van der Waals surface area (Å²) in [6.07, 6.45) is -0.325. The maximum absolute atomic E-state index is 13.4. The first kappa shape index (κ1) is 24.5. The molecule has 180 valence electrons. The molecule has 2 fully saturated rings. The van der Waals surface area contributed by atoms with Crippen LogP contribution in [-0.2, 0) is 27.4 Å². The molecule has 2 aliphatic rings. The first-order chi connectivity index (χ1) is 16.4. The van der Waals surface area contributed by atoms with Gasteiger partial charge in [-0.2, -0.15) is 0 Å². The van der Waals surface area contributed by atoms with Crippen molar-refractivity contribution in [3.63, 3.8) is 0 Å². The van der Waals surface area contributed by atoms with E-state index in [0.717, 1.165) is 17.5 Å². The summed E-state index contributed by atoms with van der Waals surface area (Å²) in [4.78, 5) is 42.7. The lowest BCUT2D eigenvalue weighted by molar-refractivity contribution is -0.148. The first-order valence-electron chi connectivity index (χ1n) is 11.1. The molecule has 0 aliphatic carbocycles. The van der Waals surface area contributed by atoms with Crippen LogP contribution in [0.3, 0.4) is 0 Å². The van der Waals surface area contributed by atoms with Crippen molar-refractivity contribution >= 4 is 40.9 Å². The van der Waals surface area contributed by atoms with Crippen molar-refractivity contribution in [1.29, 1.82) is 0 Å². The minimum atomic E-state index is -1.10. The van der Waals surface area contributed by atoms with E-state index in [1.165, 1.54) is 21.9 Å². The van der Waals surface area contributed by atoms with E-state index in [2.05, 4.69) is 5.32 Å². The Hall–Kier alpha value is -2.65. The number of hydrogen-bond donors (Lipinski definition) is 2. The molecule has 4 rings (SSSR count). The van der Waals surface area contributed by atoms with Crippen molar-refractivity contribution in [2.45, 2.75) is 38.2 Å². The van der Waals surface area contributed by atoms with Crippen LogP contribution in [0.2, 0.25) is 10.0 Å². The smallest absolute Gasteiger partial charge is 0.264 e. The number of nitrogens with two attached hydrogens (primary N) is 1. The third kappa shape index (κ3) is 5.20. The highest BCUT2D eigenvalue weighted by Gasteiger charge is 2.45. The highest BCUT2D eigenvalue weighted by molar-refractivity contribution is 6.42. The van der Waals surface area contributed by atoms with Crippen LogP contribution in [-0.4, -0.2) is 59.5 Å². The van der Waals surface area contributed by atoms with Gasteiger partial charge in [-0.3, -0.25) is 14.4 Å². The third-order valence-electron chi connectivity index (χ3n) is 6.02. The molecular weight excluding hydrogens is 479 g/mol. The van der Waals surface area contributed by atoms with Crippen LogP contribution in [0, 0.1) is 0 Å². The van der Waals surface area contributed by atoms with Gasteiger partial charge in [-0.25, -0.2) is 0 Å². The van der Waals surface area contributed by atoms with E-state index in [1.54, 1.807) is 6.07 Å². The maximum atomic E-state index is 13.4. The van der Waals surface area contributed by atoms with Gasteiger partial charge < -0.3 is 25.6 Å². The fraction of sp³-hybridized carbons (Fsp3) is 0.375. The first-order valence-corrected chi connectivity index (χ1v) is 11.9. The minimum absolute atomic E-state index is 0.207. The lowest BCUT2D eigenvalue weighted by Crippen LogP contribution is -2.55. The molecule has 2 unspecified atom stereocenters. The average Bonchev–Trinajstić information content (AvgIpc) is 3.54. The molecule has 3 amide bonds. The summed E-state index contributed by atoms with van der Waals surface area (Å²) in [5.41, 5.74) is 7.81. The molecular formula is C24H26Cl2N4O4. The van der Waals surface area contributed by atoms with Gasteiger partial charge in [0.1, 0.15) is 6.10 Å². The van der Waals surface area contributed by atoms with Crippen LogP contribution >= 0.6 is 23.2 Å². The van der Waals surface area contributed by atoms with Gasteiger partial charge in [-0.05, 0) is 42.2 Å². The van der Waals surface area contributed by atoms with Gasteiger partial charge in [0.15, 0.2) is 6.17 Å². The zero-order valence-electron chi connectivity index (χ0n) is 18.5. The Morgan fingerprint density at radius 2 is 1.79 bits per heavy atom. The van der Waals surface area contributed by atoms with Gasteiger partial charge in [0, 0.05) is 38.3 Å². The quantitative estimate of drug-likeness (QED) is 0.628. The number of ether oxygens (including phenoxy) is 1. The Morgan fingerprint density at radius 3 is 2.50 bits per heavy atom. The van der Waals surface area contributed by atoms with Gasteiger partial charge in [0.2, 0.25) is 0 Å². The molecule has 3 N–H and O–H groups in total. The molecule has 2 aromatic carbocycles. The summed E-state index contributed by atoms with van der Waals surface area (Å²) in [6, 6.07) is 12.1. The van der Waals surface area contributed by atoms with Crippen molar-refractivity contribution in [2.75, 3.05) is 19.7 Å². The fourth-order valence-electron chi connectivity index (χ4n) is 4.25. The van der Waals surface area contributed by atoms with Crippen LogP contribution in [0.15, 0.2) is 42.5 Å². The molecule has 0 aromatic heterocycles. The molecule has 2 aliphatic heterocycles. The van der Waals surface area contributed by atoms with Crippen LogP contribution < -0.4 is 11.1 Å². The Balaban J connectivity index is 1.56. The Kier molecular flexibility index (Phi) is 7.73. The SMILES string of the molecule is NCc1cccc(CNC(=O)C2N(C(=O)c3ccc(Cl)c(Cl)c3)CCN2C(=O)C2CCCO2)c1. The number of benzene rings is 2. The Labute approximate surface area is 207 Å². The summed E-state index contributed by atoms with van der Waals surface area (Å²) >= 11 is 12.1. The number of rotatable bonds is 6. The fourth-order valence-corrected chi connectivity index (χ4v) is 4.55. The standard InChI is InChI=1S/C24H26Cl2N4O4/c25-18-7-6-17(12-19(18)26)23(32)29-8-9-30(24(33)20-5-2-10-34-20)22(29)21(31)28-14-16-4-1-3-15(11-16)13-27/h1,3-4,6-7,11-12,20,22H,2,5,8-10,13-14,27H2,(H,28,31). The van der Waals surface area contributed by atoms with Crippen molar-refractivity contribution in [2.24, 2.45) is 5.73 Å². The van der Waals surface area contributed by atoms with Gasteiger partial charge in [-0.1, -0.05) is 47.5 Å². The number of nitrogens with one attached hydrogen (secondary N) is 1. The van der Waals surface area contributed by atoms with Crippen LogP contribution in [0.4, 0.5) is 0 Å². The van der Waals surface area contributed by atoms with Crippen molar-refractivity contribution in [3.05, 3.63) is 69.2 Å². The van der Waals surface area contributed by atoms with E-state index >= 15 is 0 Å². The molecule has 0 bridgehead atoms. The molecule has 2 heterocycles. The summed E-state index contributed by atoms with van der Waals surface area (Å²) in [7, 11) is 0. The summed E-state index contributed by atoms with van der Waals surface area (Å²) < 4.78 is 5.55. The van der Waals surface area contributed by atoms with Crippen molar-refractivity contribution in [1.82, 2.24) is 15.1 Å². The highest BCUT2D eigenvalue weighted by atomic mass is 35.5. The van der Waals surface area contributed by atoms with E-state index in [4.69, 9.17) is 33.7 Å². The summed E-state index contributed by atoms with van der Waals surface area (Å²) in [6.45, 7) is 1.56. The van der Waals surface area contributed by atoms with Crippen LogP contribution in [0.1, 0.15) is 34.3 Å². The Morgan fingerprint density at radius 1 is 1.03 bits per heavy atom. The zero-order chi connectivity index (χ0) is 24.2. The topological polar surface area (TPSA) is 105 Å². The number of nitrogens with zero attached hydrogens (tertiary/aromatic N) is 2. The zero-order valence-corrected chi connectivity index (χ0v) is 20.0. The number of carbonyl (C=O) groups excluding carboxylic acids is 3. The molecule has 2 saturated heterocycles. The minimum Gasteiger partial charge on any atom is -0.368 e. The number of halogens is 2. The predicted octanol–water partition coefficient (Wildman–Crippen LogP) is 2.56. The van der Waals surface area contributed by atoms with Crippen molar-refractivity contribution < 1.29 is 19.1 Å². The normalized spacial score (nSPS) is 20.0. The molecule has 0 spiro atoms. The molecule has 10 heteroatoms. The van der Waals surface area contributed by atoms with E-state index in [-0.39, 0.29) is 36.1 Å². The van der Waals surface area contributed by atoms with Gasteiger partial charge in [-0.15, -0.1) is 0 Å². The van der Waals surface area contributed by atoms with Crippen LogP contribution in [0.5, 0.6) is 0 Å². The van der Waals surface area contributed by atoms with Gasteiger partial charge >= 0.3 is 0 Å². The lowest BCUT2D eigenvalue weighted by Gasteiger charge is -2.30. The average molecular weight is 505 g/mol. The molecule has 0 radical (unpaired) electrons. The summed E-state index contributed by atoms with van der Waals surface area (Å²) in [5.74, 6) is -1.14. The van der Waals surface area contributed by atoms with E-state index < -0.39 is 24.1 Å². The molecule has 0 saturated carbocycles. The monoisotopic (exact) mass is 504 g/mol. The second-order valence-corrected chi connectivity index (χ2v) is 9.09. The largest absolute Gasteiger partial charge is 0.368 e. The van der Waals surface area contributed by atoms with Gasteiger partial charge in [0.05, 0.1) is 10.0 Å². The lowest BCUT2D eigenvalue weighted by atomic mass is 10.1.